The second kappa shape index (κ2) is 5.52. The predicted octanol–water partition coefficient (Wildman–Crippen LogP) is 3.45. The first-order chi connectivity index (χ1) is 7.90. The van der Waals surface area contributed by atoms with Crippen LogP contribution in [0.5, 0.6) is 0 Å². The zero-order valence-electron chi connectivity index (χ0n) is 9.57. The van der Waals surface area contributed by atoms with Crippen molar-refractivity contribution >= 4 is 0 Å². The highest BCUT2D eigenvalue weighted by Gasteiger charge is 1.99. The number of nitrogens with one attached hydrogen (secondary N) is 1. The van der Waals surface area contributed by atoms with Crippen molar-refractivity contribution in [2.24, 2.45) is 0 Å². The van der Waals surface area contributed by atoms with Crippen LogP contribution in [0.1, 0.15) is 18.9 Å². The van der Waals surface area contributed by atoms with Gasteiger partial charge in [-0.3, -0.25) is 0 Å². The quantitative estimate of drug-likeness (QED) is 0.773. The van der Waals surface area contributed by atoms with E-state index in [1.807, 2.05) is 6.07 Å². The molecule has 0 saturated carbocycles. The van der Waals surface area contributed by atoms with Crippen LogP contribution in [0.2, 0.25) is 0 Å². The summed E-state index contributed by atoms with van der Waals surface area (Å²) in [5.74, 6) is 0. The van der Waals surface area contributed by atoms with Crippen molar-refractivity contribution in [2.45, 2.75) is 19.9 Å². The van der Waals surface area contributed by atoms with Crippen LogP contribution in [-0.4, -0.2) is 6.54 Å². The first-order valence-electron chi connectivity index (χ1n) is 5.72. The Morgan fingerprint density at radius 1 is 1.19 bits per heavy atom. The van der Waals surface area contributed by atoms with Crippen molar-refractivity contribution < 1.29 is 4.42 Å². The summed E-state index contributed by atoms with van der Waals surface area (Å²) in [5, 5.41) is 3.40. The fraction of sp³-hybridized carbons (Fsp3) is 0.286. The SMILES string of the molecule is CCCNCc1cccc(-c2ccoc2)c1. The highest BCUT2D eigenvalue weighted by molar-refractivity contribution is 5.62. The molecule has 16 heavy (non-hydrogen) atoms. The van der Waals surface area contributed by atoms with Gasteiger partial charge in [-0.1, -0.05) is 25.1 Å². The lowest BCUT2D eigenvalue weighted by atomic mass is 10.1. The summed E-state index contributed by atoms with van der Waals surface area (Å²) >= 11 is 0. The first-order valence-corrected chi connectivity index (χ1v) is 5.72. The lowest BCUT2D eigenvalue weighted by molar-refractivity contribution is 0.568. The average molecular weight is 215 g/mol. The summed E-state index contributed by atoms with van der Waals surface area (Å²) < 4.78 is 5.09. The molecule has 1 N–H and O–H groups in total. The second-order valence-electron chi connectivity index (χ2n) is 3.89. The van der Waals surface area contributed by atoms with E-state index in [0.717, 1.165) is 18.7 Å². The smallest absolute Gasteiger partial charge is 0.0980 e. The van der Waals surface area contributed by atoms with Crippen LogP contribution in [0.4, 0.5) is 0 Å². The minimum Gasteiger partial charge on any atom is -0.472 e. The number of benzene rings is 1. The molecule has 0 aliphatic heterocycles. The summed E-state index contributed by atoms with van der Waals surface area (Å²) in [6, 6.07) is 10.5. The van der Waals surface area contributed by atoms with Gasteiger partial charge in [-0.05, 0) is 36.2 Å². The molecule has 0 fully saturated rings. The van der Waals surface area contributed by atoms with E-state index in [4.69, 9.17) is 4.42 Å². The van der Waals surface area contributed by atoms with Gasteiger partial charge < -0.3 is 9.73 Å². The molecule has 0 aliphatic carbocycles. The van der Waals surface area contributed by atoms with E-state index in [0.29, 0.717) is 0 Å². The molecule has 0 unspecified atom stereocenters. The molecule has 2 aromatic rings. The Labute approximate surface area is 96.3 Å². The van der Waals surface area contributed by atoms with Gasteiger partial charge in [0.15, 0.2) is 0 Å². The van der Waals surface area contributed by atoms with Crippen LogP contribution in [0, 0.1) is 0 Å². The Morgan fingerprint density at radius 2 is 2.12 bits per heavy atom. The summed E-state index contributed by atoms with van der Waals surface area (Å²) in [6.45, 7) is 4.17. The molecule has 0 saturated heterocycles. The van der Waals surface area contributed by atoms with Gasteiger partial charge in [0.05, 0.1) is 12.5 Å². The van der Waals surface area contributed by atoms with E-state index in [1.165, 1.54) is 17.5 Å². The molecule has 0 spiro atoms. The van der Waals surface area contributed by atoms with Crippen LogP contribution in [0.3, 0.4) is 0 Å². The van der Waals surface area contributed by atoms with E-state index in [9.17, 15) is 0 Å². The molecule has 84 valence electrons. The molecular formula is C14H17NO. The van der Waals surface area contributed by atoms with Gasteiger partial charge in [0.1, 0.15) is 0 Å². The Hall–Kier alpha value is -1.54. The number of furan rings is 1. The van der Waals surface area contributed by atoms with Crippen LogP contribution in [0.25, 0.3) is 11.1 Å². The lowest BCUT2D eigenvalue weighted by Crippen LogP contribution is -2.13. The third-order valence-electron chi connectivity index (χ3n) is 2.54. The number of rotatable bonds is 5. The highest BCUT2D eigenvalue weighted by Crippen LogP contribution is 2.20. The van der Waals surface area contributed by atoms with E-state index < -0.39 is 0 Å². The zero-order chi connectivity index (χ0) is 11.2. The van der Waals surface area contributed by atoms with E-state index in [-0.39, 0.29) is 0 Å². The Balaban J connectivity index is 2.08. The van der Waals surface area contributed by atoms with E-state index >= 15 is 0 Å². The molecule has 2 rings (SSSR count). The molecule has 0 bridgehead atoms. The molecule has 2 nitrogen and oxygen atoms in total. The van der Waals surface area contributed by atoms with Crippen LogP contribution in [0.15, 0.2) is 47.3 Å². The molecule has 0 radical (unpaired) electrons. The molecule has 1 aromatic carbocycles. The van der Waals surface area contributed by atoms with Crippen molar-refractivity contribution in [1.82, 2.24) is 5.32 Å². The molecule has 1 aromatic heterocycles. The lowest BCUT2D eigenvalue weighted by Gasteiger charge is -2.05. The molecule has 0 aliphatic rings. The van der Waals surface area contributed by atoms with E-state index in [1.54, 1.807) is 12.5 Å². The molecule has 1 heterocycles. The Bertz CT molecular complexity index is 420. The largest absolute Gasteiger partial charge is 0.472 e. The van der Waals surface area contributed by atoms with Gasteiger partial charge in [-0.25, -0.2) is 0 Å². The normalized spacial score (nSPS) is 10.6. The van der Waals surface area contributed by atoms with Crippen molar-refractivity contribution in [3.63, 3.8) is 0 Å². The van der Waals surface area contributed by atoms with Gasteiger partial charge >= 0.3 is 0 Å². The standard InChI is InChI=1S/C14H17NO/c1-2-7-15-10-12-4-3-5-13(9-12)14-6-8-16-11-14/h3-6,8-9,11,15H,2,7,10H2,1H3. The molecule has 0 atom stereocenters. The van der Waals surface area contributed by atoms with Crippen molar-refractivity contribution in [3.8, 4) is 11.1 Å². The topological polar surface area (TPSA) is 25.2 Å². The maximum absolute atomic E-state index is 5.09. The third-order valence-corrected chi connectivity index (χ3v) is 2.54. The molecule has 0 amide bonds. The van der Waals surface area contributed by atoms with Crippen LogP contribution in [-0.2, 0) is 6.54 Å². The van der Waals surface area contributed by atoms with Gasteiger partial charge in [0.2, 0.25) is 0 Å². The fourth-order valence-electron chi connectivity index (χ4n) is 1.70. The van der Waals surface area contributed by atoms with Crippen molar-refractivity contribution in [2.75, 3.05) is 6.54 Å². The highest BCUT2D eigenvalue weighted by atomic mass is 16.3. The maximum Gasteiger partial charge on any atom is 0.0980 e. The van der Waals surface area contributed by atoms with Crippen molar-refractivity contribution in [3.05, 3.63) is 48.4 Å². The Kier molecular flexibility index (Phi) is 3.78. The second-order valence-corrected chi connectivity index (χ2v) is 3.89. The van der Waals surface area contributed by atoms with Crippen LogP contribution >= 0.6 is 0 Å². The zero-order valence-corrected chi connectivity index (χ0v) is 9.57. The number of hydrogen-bond acceptors (Lipinski definition) is 2. The van der Waals surface area contributed by atoms with Crippen LogP contribution < -0.4 is 5.32 Å². The first kappa shape index (κ1) is 11.0. The maximum atomic E-state index is 5.09. The minimum atomic E-state index is 0.930. The summed E-state index contributed by atoms with van der Waals surface area (Å²) in [6.07, 6.45) is 4.65. The van der Waals surface area contributed by atoms with Gasteiger partial charge in [-0.15, -0.1) is 0 Å². The van der Waals surface area contributed by atoms with Gasteiger partial charge in [0, 0.05) is 12.1 Å². The predicted molar refractivity (Wildman–Crippen MR) is 66.1 cm³/mol. The fourth-order valence-corrected chi connectivity index (χ4v) is 1.70. The average Bonchev–Trinajstić information content (AvgIpc) is 2.83. The minimum absolute atomic E-state index is 0.930. The summed E-state index contributed by atoms with van der Waals surface area (Å²) in [7, 11) is 0. The molecule has 2 heteroatoms. The molecular weight excluding hydrogens is 198 g/mol. The van der Waals surface area contributed by atoms with Gasteiger partial charge in [0.25, 0.3) is 0 Å². The summed E-state index contributed by atoms with van der Waals surface area (Å²) in [4.78, 5) is 0. The summed E-state index contributed by atoms with van der Waals surface area (Å²) in [5.41, 5.74) is 3.66. The Morgan fingerprint density at radius 3 is 2.88 bits per heavy atom. The monoisotopic (exact) mass is 215 g/mol. The van der Waals surface area contributed by atoms with Crippen molar-refractivity contribution in [1.29, 1.82) is 0 Å². The number of hydrogen-bond donors (Lipinski definition) is 1. The third kappa shape index (κ3) is 2.74. The van der Waals surface area contributed by atoms with E-state index in [2.05, 4.69) is 36.5 Å². The van der Waals surface area contributed by atoms with Gasteiger partial charge in [-0.2, -0.15) is 0 Å².